The van der Waals surface area contributed by atoms with E-state index in [-0.39, 0.29) is 11.8 Å². The molecule has 0 bridgehead atoms. The van der Waals surface area contributed by atoms with Crippen molar-refractivity contribution in [1.29, 1.82) is 0 Å². The third-order valence-electron chi connectivity index (χ3n) is 5.05. The summed E-state index contributed by atoms with van der Waals surface area (Å²) >= 11 is 6.12. The van der Waals surface area contributed by atoms with Crippen LogP contribution in [0.5, 0.6) is 17.2 Å². The zero-order valence-corrected chi connectivity index (χ0v) is 16.2. The number of methoxy groups -OCH3 is 2. The van der Waals surface area contributed by atoms with Gasteiger partial charge in [0.2, 0.25) is 0 Å². The number of halogens is 1. The number of piperazine rings is 1. The number of ether oxygens (including phenoxy) is 2. The maximum atomic E-state index is 9.79. The predicted octanol–water partition coefficient (Wildman–Crippen LogP) is 3.95. The van der Waals surface area contributed by atoms with E-state index in [1.165, 1.54) is 0 Å². The first-order valence-corrected chi connectivity index (χ1v) is 9.10. The normalized spacial score (nSPS) is 16.4. The molecule has 0 radical (unpaired) electrons. The quantitative estimate of drug-likeness (QED) is 0.856. The van der Waals surface area contributed by atoms with Gasteiger partial charge in [-0.05, 0) is 36.8 Å². The van der Waals surface area contributed by atoms with E-state index in [9.17, 15) is 5.11 Å². The second-order valence-electron chi connectivity index (χ2n) is 6.45. The number of benzene rings is 2. The highest BCUT2D eigenvalue weighted by atomic mass is 35.5. The Labute approximate surface area is 159 Å². The van der Waals surface area contributed by atoms with Gasteiger partial charge in [0.05, 0.1) is 19.2 Å². The van der Waals surface area contributed by atoms with Crippen LogP contribution in [0.2, 0.25) is 5.02 Å². The molecule has 6 heteroatoms. The minimum absolute atomic E-state index is 0.171. The molecule has 0 saturated carbocycles. The molecule has 1 aliphatic rings. The van der Waals surface area contributed by atoms with E-state index in [0.717, 1.165) is 37.4 Å². The lowest BCUT2D eigenvalue weighted by Crippen LogP contribution is -2.47. The standard InChI is InChI=1S/C20H25ClN2O3/c1-14(15-4-7-18(24)20(12-15)26-3)22-8-10-23(11-9-22)16-5-6-17(21)19(13-16)25-2/h4-7,12-14,24H,8-11H2,1-3H3. The molecule has 1 fully saturated rings. The van der Waals surface area contributed by atoms with Crippen LogP contribution >= 0.6 is 11.6 Å². The Bertz CT molecular complexity index is 761. The average molecular weight is 377 g/mol. The first-order valence-electron chi connectivity index (χ1n) is 8.73. The number of aromatic hydroxyl groups is 1. The predicted molar refractivity (Wildman–Crippen MR) is 105 cm³/mol. The lowest BCUT2D eigenvalue weighted by Gasteiger charge is -2.39. The fourth-order valence-corrected chi connectivity index (χ4v) is 3.57. The van der Waals surface area contributed by atoms with Gasteiger partial charge >= 0.3 is 0 Å². The van der Waals surface area contributed by atoms with E-state index in [0.29, 0.717) is 16.5 Å². The SMILES string of the molecule is COc1cc(C(C)N2CCN(c3ccc(Cl)c(OC)c3)CC2)ccc1O. The summed E-state index contributed by atoms with van der Waals surface area (Å²) in [4.78, 5) is 4.79. The van der Waals surface area contributed by atoms with Crippen molar-refractivity contribution in [3.63, 3.8) is 0 Å². The van der Waals surface area contributed by atoms with Crippen molar-refractivity contribution in [2.45, 2.75) is 13.0 Å². The Morgan fingerprint density at radius 1 is 0.962 bits per heavy atom. The number of hydrogen-bond acceptors (Lipinski definition) is 5. The van der Waals surface area contributed by atoms with E-state index in [1.54, 1.807) is 20.3 Å². The fraction of sp³-hybridized carbons (Fsp3) is 0.400. The smallest absolute Gasteiger partial charge is 0.160 e. The highest BCUT2D eigenvalue weighted by molar-refractivity contribution is 6.32. The Kier molecular flexibility index (Phi) is 5.79. The Balaban J connectivity index is 1.66. The highest BCUT2D eigenvalue weighted by Gasteiger charge is 2.23. The number of phenolic OH excluding ortho intramolecular Hbond substituents is 1. The van der Waals surface area contributed by atoms with Crippen LogP contribution < -0.4 is 14.4 Å². The van der Waals surface area contributed by atoms with Crippen molar-refractivity contribution in [2.24, 2.45) is 0 Å². The second kappa shape index (κ2) is 8.06. The van der Waals surface area contributed by atoms with Crippen molar-refractivity contribution < 1.29 is 14.6 Å². The molecule has 1 unspecified atom stereocenters. The van der Waals surface area contributed by atoms with Gasteiger partial charge in [0.1, 0.15) is 5.75 Å². The summed E-state index contributed by atoms with van der Waals surface area (Å²) in [5.74, 6) is 1.39. The van der Waals surface area contributed by atoms with Gasteiger partial charge in [-0.25, -0.2) is 0 Å². The van der Waals surface area contributed by atoms with Crippen molar-refractivity contribution >= 4 is 17.3 Å². The molecule has 0 aliphatic carbocycles. The first kappa shape index (κ1) is 18.7. The zero-order chi connectivity index (χ0) is 18.7. The maximum Gasteiger partial charge on any atom is 0.160 e. The molecule has 140 valence electrons. The average Bonchev–Trinajstić information content (AvgIpc) is 2.68. The van der Waals surface area contributed by atoms with Crippen LogP contribution in [-0.2, 0) is 0 Å². The van der Waals surface area contributed by atoms with Crippen molar-refractivity contribution in [2.75, 3.05) is 45.3 Å². The van der Waals surface area contributed by atoms with Gasteiger partial charge in [-0.15, -0.1) is 0 Å². The Hall–Kier alpha value is -2.11. The van der Waals surface area contributed by atoms with E-state index in [1.807, 2.05) is 30.3 Å². The van der Waals surface area contributed by atoms with Gasteiger partial charge in [-0.2, -0.15) is 0 Å². The molecule has 1 heterocycles. The van der Waals surface area contributed by atoms with Crippen LogP contribution in [0.15, 0.2) is 36.4 Å². The van der Waals surface area contributed by atoms with Gasteiger partial charge in [-0.1, -0.05) is 17.7 Å². The molecular formula is C20H25ClN2O3. The molecule has 1 saturated heterocycles. The highest BCUT2D eigenvalue weighted by Crippen LogP contribution is 2.33. The fourth-order valence-electron chi connectivity index (χ4n) is 3.38. The number of rotatable bonds is 5. The number of anilines is 1. The second-order valence-corrected chi connectivity index (χ2v) is 6.86. The first-order chi connectivity index (χ1) is 12.5. The number of hydrogen-bond donors (Lipinski definition) is 1. The molecule has 0 amide bonds. The van der Waals surface area contributed by atoms with E-state index in [4.69, 9.17) is 21.1 Å². The van der Waals surface area contributed by atoms with Crippen molar-refractivity contribution in [1.82, 2.24) is 4.90 Å². The van der Waals surface area contributed by atoms with Gasteiger partial charge in [0.15, 0.2) is 11.5 Å². The van der Waals surface area contributed by atoms with Crippen LogP contribution in [0, 0.1) is 0 Å². The lowest BCUT2D eigenvalue weighted by atomic mass is 10.0. The lowest BCUT2D eigenvalue weighted by molar-refractivity contribution is 0.198. The maximum absolute atomic E-state index is 9.79. The van der Waals surface area contributed by atoms with Crippen LogP contribution in [0.3, 0.4) is 0 Å². The molecule has 5 nitrogen and oxygen atoms in total. The van der Waals surface area contributed by atoms with Crippen LogP contribution in [-0.4, -0.2) is 50.4 Å². The topological polar surface area (TPSA) is 45.2 Å². The van der Waals surface area contributed by atoms with Gasteiger partial charge in [0, 0.05) is 44.0 Å². The molecule has 1 atom stereocenters. The Morgan fingerprint density at radius 3 is 2.31 bits per heavy atom. The van der Waals surface area contributed by atoms with E-state index < -0.39 is 0 Å². The minimum atomic E-state index is 0.171. The van der Waals surface area contributed by atoms with Gasteiger partial charge in [0.25, 0.3) is 0 Å². The summed E-state index contributed by atoms with van der Waals surface area (Å²) in [6.45, 7) is 5.96. The molecule has 0 spiro atoms. The summed E-state index contributed by atoms with van der Waals surface area (Å²) in [6, 6.07) is 11.7. The monoisotopic (exact) mass is 376 g/mol. The van der Waals surface area contributed by atoms with Gasteiger partial charge in [-0.3, -0.25) is 4.90 Å². The molecule has 1 N–H and O–H groups in total. The molecular weight excluding hydrogens is 352 g/mol. The van der Waals surface area contributed by atoms with Crippen LogP contribution in [0.25, 0.3) is 0 Å². The largest absolute Gasteiger partial charge is 0.504 e. The van der Waals surface area contributed by atoms with Crippen LogP contribution in [0.4, 0.5) is 5.69 Å². The van der Waals surface area contributed by atoms with Crippen molar-refractivity contribution in [3.05, 3.63) is 47.0 Å². The molecule has 2 aromatic carbocycles. The molecule has 1 aliphatic heterocycles. The summed E-state index contributed by atoms with van der Waals surface area (Å²) in [7, 11) is 3.21. The number of nitrogens with zero attached hydrogens (tertiary/aromatic N) is 2. The molecule has 0 aromatic heterocycles. The number of phenols is 1. The summed E-state index contributed by atoms with van der Waals surface area (Å²) < 4.78 is 10.6. The minimum Gasteiger partial charge on any atom is -0.504 e. The summed E-state index contributed by atoms with van der Waals surface area (Å²) in [5, 5.41) is 10.4. The van der Waals surface area contributed by atoms with Crippen LogP contribution in [0.1, 0.15) is 18.5 Å². The van der Waals surface area contributed by atoms with Crippen molar-refractivity contribution in [3.8, 4) is 17.2 Å². The molecule has 2 aromatic rings. The zero-order valence-electron chi connectivity index (χ0n) is 15.4. The third kappa shape index (κ3) is 3.84. The molecule has 26 heavy (non-hydrogen) atoms. The Morgan fingerprint density at radius 2 is 1.65 bits per heavy atom. The van der Waals surface area contributed by atoms with E-state index >= 15 is 0 Å². The summed E-state index contributed by atoms with van der Waals surface area (Å²) in [5.41, 5.74) is 2.27. The molecule has 3 rings (SSSR count). The third-order valence-corrected chi connectivity index (χ3v) is 5.36. The van der Waals surface area contributed by atoms with Gasteiger partial charge < -0.3 is 19.5 Å². The summed E-state index contributed by atoms with van der Waals surface area (Å²) in [6.07, 6.45) is 0. The van der Waals surface area contributed by atoms with E-state index in [2.05, 4.69) is 16.7 Å².